The van der Waals surface area contributed by atoms with Gasteiger partial charge in [-0.2, -0.15) is 4.98 Å². The maximum atomic E-state index is 6.08. The molecular weight excluding hydrogens is 264 g/mol. The van der Waals surface area contributed by atoms with Crippen LogP contribution in [0.5, 0.6) is 5.88 Å². The van der Waals surface area contributed by atoms with E-state index in [9.17, 15) is 0 Å². The summed E-state index contributed by atoms with van der Waals surface area (Å²) >= 11 is 0. The summed E-state index contributed by atoms with van der Waals surface area (Å²) in [6, 6.07) is 6.36. The van der Waals surface area contributed by atoms with E-state index in [0.29, 0.717) is 24.0 Å². The van der Waals surface area contributed by atoms with Crippen LogP contribution in [0.1, 0.15) is 30.9 Å². The van der Waals surface area contributed by atoms with Crippen LogP contribution < -0.4 is 15.8 Å². The zero-order valence-corrected chi connectivity index (χ0v) is 12.2. The lowest BCUT2D eigenvalue weighted by atomic mass is 9.90. The molecule has 3 N–H and O–H groups in total. The monoisotopic (exact) mass is 284 g/mol. The van der Waals surface area contributed by atoms with E-state index in [1.54, 1.807) is 0 Å². The summed E-state index contributed by atoms with van der Waals surface area (Å²) < 4.78 is 5.41. The van der Waals surface area contributed by atoms with Crippen molar-refractivity contribution in [2.45, 2.75) is 32.6 Å². The summed E-state index contributed by atoms with van der Waals surface area (Å²) in [5.74, 6) is 1.03. The van der Waals surface area contributed by atoms with Crippen LogP contribution in [0.25, 0.3) is 0 Å². The molecule has 0 radical (unpaired) electrons. The van der Waals surface area contributed by atoms with Gasteiger partial charge >= 0.3 is 0 Å². The predicted octanol–water partition coefficient (Wildman–Crippen LogP) is 3.08. The van der Waals surface area contributed by atoms with Crippen molar-refractivity contribution in [2.24, 2.45) is 0 Å². The van der Waals surface area contributed by atoms with Crippen molar-refractivity contribution in [1.29, 1.82) is 0 Å². The molecule has 0 unspecified atom stereocenters. The number of nitrogen functional groups attached to an aromatic ring is 1. The van der Waals surface area contributed by atoms with Gasteiger partial charge in [0.25, 0.3) is 0 Å². The Labute approximate surface area is 124 Å². The minimum atomic E-state index is 0.430. The summed E-state index contributed by atoms with van der Waals surface area (Å²) in [4.78, 5) is 8.30. The molecule has 0 amide bonds. The number of nitrogens with one attached hydrogen (secondary N) is 1. The van der Waals surface area contributed by atoms with E-state index in [1.807, 2.05) is 6.92 Å². The van der Waals surface area contributed by atoms with Gasteiger partial charge in [0.15, 0.2) is 5.82 Å². The maximum absolute atomic E-state index is 6.08. The fourth-order valence-electron chi connectivity index (χ4n) is 2.76. The van der Waals surface area contributed by atoms with Gasteiger partial charge in [-0.1, -0.05) is 12.1 Å². The van der Waals surface area contributed by atoms with Crippen molar-refractivity contribution in [3.63, 3.8) is 0 Å². The standard InChI is InChI=1S/C16H20N4O/c1-2-21-16-14(17)15(18-10-19-16)20-13-9-5-7-11-6-3-4-8-12(11)13/h5,7,9-10H,2-4,6,8,17H2,1H3,(H,18,19,20). The third-order valence-electron chi connectivity index (χ3n) is 3.78. The Hall–Kier alpha value is -2.30. The van der Waals surface area contributed by atoms with Crippen LogP contribution >= 0.6 is 0 Å². The normalized spacial score (nSPS) is 13.6. The molecule has 0 saturated heterocycles. The number of anilines is 3. The Kier molecular flexibility index (Phi) is 3.90. The maximum Gasteiger partial charge on any atom is 0.242 e. The van der Waals surface area contributed by atoms with Crippen molar-refractivity contribution < 1.29 is 4.74 Å². The van der Waals surface area contributed by atoms with Crippen molar-refractivity contribution >= 4 is 17.2 Å². The van der Waals surface area contributed by atoms with Crippen LogP contribution in [0.2, 0.25) is 0 Å². The Morgan fingerprint density at radius 1 is 1.24 bits per heavy atom. The summed E-state index contributed by atoms with van der Waals surface area (Å²) in [6.07, 6.45) is 6.21. The zero-order valence-electron chi connectivity index (χ0n) is 12.2. The number of nitrogens with two attached hydrogens (primary N) is 1. The number of hydrogen-bond donors (Lipinski definition) is 2. The summed E-state index contributed by atoms with van der Waals surface area (Å²) in [6.45, 7) is 2.43. The smallest absolute Gasteiger partial charge is 0.242 e. The minimum absolute atomic E-state index is 0.430. The molecule has 2 aromatic rings. The molecule has 1 heterocycles. The van der Waals surface area contributed by atoms with E-state index in [0.717, 1.165) is 18.5 Å². The molecule has 1 aromatic heterocycles. The summed E-state index contributed by atoms with van der Waals surface area (Å²) in [5, 5.41) is 3.34. The van der Waals surface area contributed by atoms with Crippen molar-refractivity contribution in [3.8, 4) is 5.88 Å². The predicted molar refractivity (Wildman–Crippen MR) is 84.0 cm³/mol. The van der Waals surface area contributed by atoms with Crippen molar-refractivity contribution in [3.05, 3.63) is 35.7 Å². The second-order valence-electron chi connectivity index (χ2n) is 5.15. The third kappa shape index (κ3) is 2.77. The van der Waals surface area contributed by atoms with Crippen LogP contribution in [0.3, 0.4) is 0 Å². The first-order valence-corrected chi connectivity index (χ1v) is 7.40. The number of aromatic nitrogens is 2. The molecule has 0 saturated carbocycles. The number of ether oxygens (including phenoxy) is 1. The van der Waals surface area contributed by atoms with Gasteiger partial charge in [-0.15, -0.1) is 0 Å². The molecule has 1 aliphatic carbocycles. The Balaban J connectivity index is 1.92. The number of aryl methyl sites for hydroxylation is 1. The highest BCUT2D eigenvalue weighted by Crippen LogP contribution is 2.32. The SMILES string of the molecule is CCOc1ncnc(Nc2cccc3c2CCCC3)c1N. The molecule has 0 aliphatic heterocycles. The highest BCUT2D eigenvalue weighted by atomic mass is 16.5. The number of rotatable bonds is 4. The number of hydrogen-bond acceptors (Lipinski definition) is 5. The Bertz CT molecular complexity index is 642. The average molecular weight is 284 g/mol. The van der Waals surface area contributed by atoms with Gasteiger partial charge in [0, 0.05) is 5.69 Å². The van der Waals surface area contributed by atoms with E-state index in [-0.39, 0.29) is 0 Å². The zero-order chi connectivity index (χ0) is 14.7. The molecule has 110 valence electrons. The first-order valence-electron chi connectivity index (χ1n) is 7.40. The number of nitrogens with zero attached hydrogens (tertiary/aromatic N) is 2. The molecule has 3 rings (SSSR count). The molecule has 5 heteroatoms. The molecule has 5 nitrogen and oxygen atoms in total. The molecular formula is C16H20N4O. The summed E-state index contributed by atoms with van der Waals surface area (Å²) in [5.41, 5.74) is 10.4. The van der Waals surface area contributed by atoms with E-state index in [4.69, 9.17) is 10.5 Å². The topological polar surface area (TPSA) is 73.1 Å². The van der Waals surface area contributed by atoms with Gasteiger partial charge in [0.05, 0.1) is 6.61 Å². The van der Waals surface area contributed by atoms with Crippen LogP contribution in [0, 0.1) is 0 Å². The molecule has 1 aliphatic rings. The molecule has 21 heavy (non-hydrogen) atoms. The third-order valence-corrected chi connectivity index (χ3v) is 3.78. The number of fused-ring (bicyclic) bond motifs is 1. The first kappa shape index (κ1) is 13.7. The van der Waals surface area contributed by atoms with Crippen LogP contribution in [-0.2, 0) is 12.8 Å². The van der Waals surface area contributed by atoms with Crippen LogP contribution in [-0.4, -0.2) is 16.6 Å². The Morgan fingerprint density at radius 2 is 2.10 bits per heavy atom. The quantitative estimate of drug-likeness (QED) is 0.902. The largest absolute Gasteiger partial charge is 0.476 e. The van der Waals surface area contributed by atoms with Crippen molar-refractivity contribution in [2.75, 3.05) is 17.7 Å². The van der Waals surface area contributed by atoms with Gasteiger partial charge in [-0.3, -0.25) is 0 Å². The fraction of sp³-hybridized carbons (Fsp3) is 0.375. The molecule has 0 bridgehead atoms. The second kappa shape index (κ2) is 5.99. The lowest BCUT2D eigenvalue weighted by Crippen LogP contribution is -2.09. The van der Waals surface area contributed by atoms with Gasteiger partial charge in [0.2, 0.25) is 5.88 Å². The van der Waals surface area contributed by atoms with Gasteiger partial charge < -0.3 is 15.8 Å². The molecule has 0 fully saturated rings. The van der Waals surface area contributed by atoms with Crippen molar-refractivity contribution in [1.82, 2.24) is 9.97 Å². The first-order chi connectivity index (χ1) is 10.3. The van der Waals surface area contributed by atoms with E-state index in [1.165, 1.54) is 30.3 Å². The Morgan fingerprint density at radius 3 is 2.95 bits per heavy atom. The van der Waals surface area contributed by atoms with Crippen LogP contribution in [0.15, 0.2) is 24.5 Å². The lowest BCUT2D eigenvalue weighted by molar-refractivity contribution is 0.328. The van der Waals surface area contributed by atoms with Gasteiger partial charge in [0.1, 0.15) is 12.0 Å². The highest BCUT2D eigenvalue weighted by molar-refractivity contribution is 5.74. The molecule has 0 spiro atoms. The minimum Gasteiger partial charge on any atom is -0.476 e. The fourth-order valence-corrected chi connectivity index (χ4v) is 2.76. The van der Waals surface area contributed by atoms with Gasteiger partial charge in [-0.25, -0.2) is 4.98 Å². The van der Waals surface area contributed by atoms with E-state index in [2.05, 4.69) is 33.5 Å². The number of benzene rings is 1. The highest BCUT2D eigenvalue weighted by Gasteiger charge is 2.15. The van der Waals surface area contributed by atoms with Gasteiger partial charge in [-0.05, 0) is 49.8 Å². The van der Waals surface area contributed by atoms with Crippen LogP contribution in [0.4, 0.5) is 17.2 Å². The van der Waals surface area contributed by atoms with E-state index < -0.39 is 0 Å². The average Bonchev–Trinajstić information content (AvgIpc) is 2.52. The molecule has 1 aromatic carbocycles. The van der Waals surface area contributed by atoms with E-state index >= 15 is 0 Å². The lowest BCUT2D eigenvalue weighted by Gasteiger charge is -2.20. The molecule has 0 atom stereocenters. The second-order valence-corrected chi connectivity index (χ2v) is 5.15. The summed E-state index contributed by atoms with van der Waals surface area (Å²) in [7, 11) is 0.